The van der Waals surface area contributed by atoms with Crippen LogP contribution in [0.25, 0.3) is 0 Å². The molecule has 0 fully saturated rings. The highest BCUT2D eigenvalue weighted by Crippen LogP contribution is 2.05. The van der Waals surface area contributed by atoms with Crippen LogP contribution in [0.2, 0.25) is 0 Å². The second-order valence-electron chi connectivity index (χ2n) is 2.36. The van der Waals surface area contributed by atoms with Gasteiger partial charge in [0.25, 0.3) is 0 Å². The zero-order valence-corrected chi connectivity index (χ0v) is 6.49. The van der Waals surface area contributed by atoms with E-state index in [1.165, 1.54) is 0 Å². The summed E-state index contributed by atoms with van der Waals surface area (Å²) < 4.78 is 0. The van der Waals surface area contributed by atoms with Crippen molar-refractivity contribution in [2.75, 3.05) is 6.54 Å². The van der Waals surface area contributed by atoms with Gasteiger partial charge in [0.2, 0.25) is 0 Å². The standard InChI is InChI=1S/C8H15N/c1-5-8(4,6-2)9-7-3/h1,9H,6-7H2,2-4H3. The summed E-state index contributed by atoms with van der Waals surface area (Å²) in [5.74, 6) is 2.72. The molecule has 1 atom stereocenters. The number of hydrogen-bond acceptors (Lipinski definition) is 1. The first-order valence-corrected chi connectivity index (χ1v) is 3.41. The second kappa shape index (κ2) is 3.53. The highest BCUT2D eigenvalue weighted by molar-refractivity contribution is 5.09. The van der Waals surface area contributed by atoms with Crippen LogP contribution in [0.3, 0.4) is 0 Å². The minimum absolute atomic E-state index is 0.0885. The highest BCUT2D eigenvalue weighted by Gasteiger charge is 2.14. The van der Waals surface area contributed by atoms with E-state index in [0.29, 0.717) is 0 Å². The van der Waals surface area contributed by atoms with E-state index in [1.807, 2.05) is 6.92 Å². The Balaban J connectivity index is 3.81. The summed E-state index contributed by atoms with van der Waals surface area (Å²) in [5, 5.41) is 3.22. The third-order valence-corrected chi connectivity index (χ3v) is 1.59. The van der Waals surface area contributed by atoms with Gasteiger partial charge in [-0.3, -0.25) is 0 Å². The van der Waals surface area contributed by atoms with Gasteiger partial charge in [0, 0.05) is 0 Å². The van der Waals surface area contributed by atoms with Crippen molar-refractivity contribution in [3.05, 3.63) is 0 Å². The third kappa shape index (κ3) is 2.53. The lowest BCUT2D eigenvalue weighted by atomic mass is 10.0. The molecule has 1 heteroatoms. The van der Waals surface area contributed by atoms with E-state index in [-0.39, 0.29) is 5.54 Å². The largest absolute Gasteiger partial charge is 0.302 e. The summed E-state index contributed by atoms with van der Waals surface area (Å²) in [6, 6.07) is 0. The van der Waals surface area contributed by atoms with Gasteiger partial charge in [0.15, 0.2) is 0 Å². The van der Waals surface area contributed by atoms with E-state index in [1.54, 1.807) is 0 Å². The van der Waals surface area contributed by atoms with E-state index >= 15 is 0 Å². The van der Waals surface area contributed by atoms with Crippen LogP contribution < -0.4 is 5.32 Å². The molecule has 52 valence electrons. The van der Waals surface area contributed by atoms with Crippen molar-refractivity contribution >= 4 is 0 Å². The summed E-state index contributed by atoms with van der Waals surface area (Å²) in [6.45, 7) is 7.12. The smallest absolute Gasteiger partial charge is 0.0767 e. The molecule has 0 radical (unpaired) electrons. The molecule has 0 aromatic carbocycles. The van der Waals surface area contributed by atoms with Crippen LogP contribution in [0.1, 0.15) is 27.2 Å². The highest BCUT2D eigenvalue weighted by atomic mass is 14.9. The Labute approximate surface area is 57.8 Å². The van der Waals surface area contributed by atoms with Gasteiger partial charge in [-0.2, -0.15) is 0 Å². The first kappa shape index (κ1) is 8.52. The van der Waals surface area contributed by atoms with E-state index in [9.17, 15) is 0 Å². The van der Waals surface area contributed by atoms with E-state index < -0.39 is 0 Å². The van der Waals surface area contributed by atoms with E-state index in [0.717, 1.165) is 13.0 Å². The minimum atomic E-state index is -0.0885. The SMILES string of the molecule is C#CC(C)(CC)NCC. The van der Waals surface area contributed by atoms with Crippen molar-refractivity contribution in [2.45, 2.75) is 32.7 Å². The Bertz CT molecular complexity index is 112. The first-order valence-electron chi connectivity index (χ1n) is 3.41. The maximum absolute atomic E-state index is 5.29. The normalized spacial score (nSPS) is 16.2. The van der Waals surface area contributed by atoms with E-state index in [4.69, 9.17) is 6.42 Å². The Hall–Kier alpha value is -0.480. The molecular formula is C8H15N. The molecule has 0 saturated heterocycles. The van der Waals surface area contributed by atoms with Crippen molar-refractivity contribution in [1.82, 2.24) is 5.32 Å². The van der Waals surface area contributed by atoms with Crippen molar-refractivity contribution in [1.29, 1.82) is 0 Å². The molecule has 0 rings (SSSR count). The van der Waals surface area contributed by atoms with Crippen LogP contribution >= 0.6 is 0 Å². The molecule has 0 aliphatic rings. The summed E-state index contributed by atoms with van der Waals surface area (Å²) in [4.78, 5) is 0. The van der Waals surface area contributed by atoms with Gasteiger partial charge in [-0.1, -0.05) is 19.8 Å². The van der Waals surface area contributed by atoms with Crippen molar-refractivity contribution in [3.63, 3.8) is 0 Å². The zero-order valence-electron chi connectivity index (χ0n) is 6.49. The second-order valence-corrected chi connectivity index (χ2v) is 2.36. The van der Waals surface area contributed by atoms with Gasteiger partial charge < -0.3 is 5.32 Å². The number of terminal acetylenes is 1. The Morgan fingerprint density at radius 1 is 1.56 bits per heavy atom. The molecular weight excluding hydrogens is 110 g/mol. The number of hydrogen-bond donors (Lipinski definition) is 1. The first-order chi connectivity index (χ1) is 4.18. The van der Waals surface area contributed by atoms with Gasteiger partial charge in [-0.05, 0) is 19.9 Å². The Morgan fingerprint density at radius 2 is 2.11 bits per heavy atom. The maximum Gasteiger partial charge on any atom is 0.0767 e. The molecule has 1 nitrogen and oxygen atoms in total. The molecule has 0 aliphatic carbocycles. The maximum atomic E-state index is 5.29. The number of nitrogens with one attached hydrogen (secondary N) is 1. The molecule has 1 N–H and O–H groups in total. The molecule has 0 aromatic rings. The molecule has 9 heavy (non-hydrogen) atoms. The molecule has 0 aromatic heterocycles. The Kier molecular flexibility index (Phi) is 3.34. The lowest BCUT2D eigenvalue weighted by Crippen LogP contribution is -2.39. The van der Waals surface area contributed by atoms with Crippen LogP contribution in [0.15, 0.2) is 0 Å². The Morgan fingerprint density at radius 3 is 2.22 bits per heavy atom. The van der Waals surface area contributed by atoms with Crippen molar-refractivity contribution < 1.29 is 0 Å². The van der Waals surface area contributed by atoms with Gasteiger partial charge >= 0.3 is 0 Å². The monoisotopic (exact) mass is 125 g/mol. The summed E-state index contributed by atoms with van der Waals surface area (Å²) >= 11 is 0. The van der Waals surface area contributed by atoms with Crippen LogP contribution in [0, 0.1) is 12.3 Å². The van der Waals surface area contributed by atoms with Gasteiger partial charge in [-0.25, -0.2) is 0 Å². The fraction of sp³-hybridized carbons (Fsp3) is 0.750. The quantitative estimate of drug-likeness (QED) is 0.562. The predicted octanol–water partition coefficient (Wildman–Crippen LogP) is 1.40. The van der Waals surface area contributed by atoms with Crippen LogP contribution in [0.5, 0.6) is 0 Å². The minimum Gasteiger partial charge on any atom is -0.302 e. The molecule has 1 unspecified atom stereocenters. The lowest BCUT2D eigenvalue weighted by molar-refractivity contribution is 0.452. The zero-order chi connectivity index (χ0) is 7.33. The molecule has 0 saturated carbocycles. The fourth-order valence-electron chi connectivity index (χ4n) is 0.668. The van der Waals surface area contributed by atoms with Gasteiger partial charge in [0.1, 0.15) is 0 Å². The van der Waals surface area contributed by atoms with Gasteiger partial charge in [-0.15, -0.1) is 6.42 Å². The summed E-state index contributed by atoms with van der Waals surface area (Å²) in [6.07, 6.45) is 6.27. The molecule has 0 amide bonds. The summed E-state index contributed by atoms with van der Waals surface area (Å²) in [5.41, 5.74) is -0.0885. The fourth-order valence-corrected chi connectivity index (χ4v) is 0.668. The molecule has 0 spiro atoms. The van der Waals surface area contributed by atoms with E-state index in [2.05, 4.69) is 25.1 Å². The topological polar surface area (TPSA) is 12.0 Å². The molecule has 0 bridgehead atoms. The molecule has 0 aliphatic heterocycles. The third-order valence-electron chi connectivity index (χ3n) is 1.59. The lowest BCUT2D eigenvalue weighted by Gasteiger charge is -2.21. The average Bonchev–Trinajstić information content (AvgIpc) is 1.89. The average molecular weight is 125 g/mol. The van der Waals surface area contributed by atoms with Crippen LogP contribution in [0.4, 0.5) is 0 Å². The summed E-state index contributed by atoms with van der Waals surface area (Å²) in [7, 11) is 0. The van der Waals surface area contributed by atoms with Crippen molar-refractivity contribution in [2.24, 2.45) is 0 Å². The van der Waals surface area contributed by atoms with Crippen LogP contribution in [-0.4, -0.2) is 12.1 Å². The van der Waals surface area contributed by atoms with Crippen molar-refractivity contribution in [3.8, 4) is 12.3 Å². The van der Waals surface area contributed by atoms with Crippen LogP contribution in [-0.2, 0) is 0 Å². The van der Waals surface area contributed by atoms with Gasteiger partial charge in [0.05, 0.1) is 5.54 Å². The molecule has 0 heterocycles. The number of rotatable bonds is 3. The predicted molar refractivity (Wildman–Crippen MR) is 41.2 cm³/mol.